The topological polar surface area (TPSA) is 37.4 Å². The molecule has 0 saturated heterocycles. The molecular formula is C10H15NO2. The predicted octanol–water partition coefficient (Wildman–Crippen LogP) is 1.35. The first-order valence-electron chi connectivity index (χ1n) is 4.68. The summed E-state index contributed by atoms with van der Waals surface area (Å²) in [4.78, 5) is 23.6. The van der Waals surface area contributed by atoms with Crippen LogP contribution in [0.4, 0.5) is 0 Å². The van der Waals surface area contributed by atoms with E-state index in [0.29, 0.717) is 12.5 Å². The van der Waals surface area contributed by atoms with Crippen molar-refractivity contribution < 1.29 is 9.59 Å². The van der Waals surface area contributed by atoms with Crippen LogP contribution in [0.3, 0.4) is 0 Å². The maximum atomic E-state index is 11.1. The minimum absolute atomic E-state index is 0.173. The Morgan fingerprint density at radius 2 is 1.85 bits per heavy atom. The molecule has 1 aliphatic heterocycles. The molecule has 0 radical (unpaired) electrons. The first-order chi connectivity index (χ1) is 6.15. The zero-order chi connectivity index (χ0) is 9.84. The van der Waals surface area contributed by atoms with E-state index in [1.165, 1.54) is 17.1 Å². The third-order valence-electron chi connectivity index (χ3n) is 2.18. The molecule has 13 heavy (non-hydrogen) atoms. The summed E-state index contributed by atoms with van der Waals surface area (Å²) >= 11 is 0. The second-order valence-electron chi connectivity index (χ2n) is 3.51. The van der Waals surface area contributed by atoms with Crippen molar-refractivity contribution in [2.24, 2.45) is 5.92 Å². The molecule has 3 nitrogen and oxygen atoms in total. The molecule has 0 aromatic rings. The van der Waals surface area contributed by atoms with Crippen LogP contribution in [0.25, 0.3) is 0 Å². The van der Waals surface area contributed by atoms with Gasteiger partial charge in [-0.15, -0.1) is 0 Å². The van der Waals surface area contributed by atoms with E-state index in [0.717, 1.165) is 12.8 Å². The molecule has 1 rings (SSSR count). The van der Waals surface area contributed by atoms with Crippen molar-refractivity contribution in [1.82, 2.24) is 4.90 Å². The van der Waals surface area contributed by atoms with Gasteiger partial charge in [-0.2, -0.15) is 0 Å². The van der Waals surface area contributed by atoms with Crippen LogP contribution in [0.15, 0.2) is 12.2 Å². The number of hydrogen-bond acceptors (Lipinski definition) is 2. The Bertz CT molecular complexity index is 227. The molecule has 1 heterocycles. The fraction of sp³-hybridized carbons (Fsp3) is 0.600. The van der Waals surface area contributed by atoms with Crippen LogP contribution in [-0.2, 0) is 9.59 Å². The van der Waals surface area contributed by atoms with Gasteiger partial charge in [0.1, 0.15) is 0 Å². The normalized spacial score (nSPS) is 18.5. The van der Waals surface area contributed by atoms with Crippen molar-refractivity contribution in [3.8, 4) is 0 Å². The summed E-state index contributed by atoms with van der Waals surface area (Å²) in [6.07, 6.45) is 4.81. The molecule has 0 bridgehead atoms. The molecule has 0 saturated carbocycles. The van der Waals surface area contributed by atoms with Crippen LogP contribution in [0, 0.1) is 5.92 Å². The number of hydrogen-bond donors (Lipinski definition) is 0. The largest absolute Gasteiger partial charge is 0.275 e. The summed E-state index contributed by atoms with van der Waals surface area (Å²) < 4.78 is 0. The first-order valence-corrected chi connectivity index (χ1v) is 4.68. The monoisotopic (exact) mass is 181 g/mol. The van der Waals surface area contributed by atoms with Gasteiger partial charge < -0.3 is 0 Å². The SMILES string of the molecule is CCCC(C)CN1C(=O)C=CC1=O. The molecule has 1 atom stereocenters. The Balaban J connectivity index is 2.45. The van der Waals surface area contributed by atoms with Gasteiger partial charge in [-0.3, -0.25) is 14.5 Å². The second kappa shape index (κ2) is 4.21. The molecule has 0 spiro atoms. The maximum Gasteiger partial charge on any atom is 0.253 e. The summed E-state index contributed by atoms with van der Waals surface area (Å²) in [6.45, 7) is 4.71. The van der Waals surface area contributed by atoms with E-state index in [4.69, 9.17) is 0 Å². The van der Waals surface area contributed by atoms with Crippen LogP contribution < -0.4 is 0 Å². The van der Waals surface area contributed by atoms with Gasteiger partial charge >= 0.3 is 0 Å². The first kappa shape index (κ1) is 9.96. The van der Waals surface area contributed by atoms with Crippen molar-refractivity contribution in [3.63, 3.8) is 0 Å². The molecule has 3 heteroatoms. The number of imide groups is 1. The number of amides is 2. The molecule has 1 unspecified atom stereocenters. The van der Waals surface area contributed by atoms with Crippen molar-refractivity contribution in [3.05, 3.63) is 12.2 Å². The molecule has 0 N–H and O–H groups in total. The predicted molar refractivity (Wildman–Crippen MR) is 49.9 cm³/mol. The van der Waals surface area contributed by atoms with Gasteiger partial charge in [0, 0.05) is 18.7 Å². The van der Waals surface area contributed by atoms with Gasteiger partial charge in [-0.25, -0.2) is 0 Å². The van der Waals surface area contributed by atoms with E-state index < -0.39 is 0 Å². The summed E-state index contributed by atoms with van der Waals surface area (Å²) in [5.74, 6) is 0.0544. The fourth-order valence-corrected chi connectivity index (χ4v) is 1.51. The summed E-state index contributed by atoms with van der Waals surface area (Å²) in [5, 5.41) is 0. The van der Waals surface area contributed by atoms with E-state index in [9.17, 15) is 9.59 Å². The van der Waals surface area contributed by atoms with E-state index in [-0.39, 0.29) is 11.8 Å². The van der Waals surface area contributed by atoms with E-state index >= 15 is 0 Å². The highest BCUT2D eigenvalue weighted by atomic mass is 16.2. The maximum absolute atomic E-state index is 11.1. The van der Waals surface area contributed by atoms with Gasteiger partial charge in [0.05, 0.1) is 0 Å². The Morgan fingerprint density at radius 1 is 1.31 bits per heavy atom. The van der Waals surface area contributed by atoms with Crippen LogP contribution >= 0.6 is 0 Å². The average molecular weight is 181 g/mol. The Morgan fingerprint density at radius 3 is 2.31 bits per heavy atom. The van der Waals surface area contributed by atoms with E-state index in [1.807, 2.05) is 0 Å². The standard InChI is InChI=1S/C10H15NO2/c1-3-4-8(2)7-11-9(12)5-6-10(11)13/h5-6,8H,3-4,7H2,1-2H3. The number of carbonyl (C=O) groups is 2. The van der Waals surface area contributed by atoms with Crippen LogP contribution in [0.2, 0.25) is 0 Å². The quantitative estimate of drug-likeness (QED) is 0.614. The van der Waals surface area contributed by atoms with Crippen molar-refractivity contribution in [1.29, 1.82) is 0 Å². The van der Waals surface area contributed by atoms with Crippen LogP contribution in [0.1, 0.15) is 26.7 Å². The smallest absolute Gasteiger partial charge is 0.253 e. The number of nitrogens with zero attached hydrogens (tertiary/aromatic N) is 1. The Labute approximate surface area is 78.4 Å². The lowest BCUT2D eigenvalue weighted by molar-refractivity contribution is -0.137. The van der Waals surface area contributed by atoms with Gasteiger partial charge in [-0.1, -0.05) is 20.3 Å². The van der Waals surface area contributed by atoms with Gasteiger partial charge in [0.2, 0.25) is 0 Å². The van der Waals surface area contributed by atoms with Crippen molar-refractivity contribution >= 4 is 11.8 Å². The van der Waals surface area contributed by atoms with Crippen molar-refractivity contribution in [2.75, 3.05) is 6.54 Å². The van der Waals surface area contributed by atoms with Gasteiger partial charge in [-0.05, 0) is 12.3 Å². The third-order valence-corrected chi connectivity index (χ3v) is 2.18. The average Bonchev–Trinajstić information content (AvgIpc) is 2.36. The summed E-state index contributed by atoms with van der Waals surface area (Å²) in [6, 6.07) is 0. The van der Waals surface area contributed by atoms with Gasteiger partial charge in [0.15, 0.2) is 0 Å². The molecule has 1 aliphatic rings. The molecule has 2 amide bonds. The molecule has 0 aromatic heterocycles. The Hall–Kier alpha value is -1.12. The summed E-state index contributed by atoms with van der Waals surface area (Å²) in [5.41, 5.74) is 0. The summed E-state index contributed by atoms with van der Waals surface area (Å²) in [7, 11) is 0. The van der Waals surface area contributed by atoms with Crippen molar-refractivity contribution in [2.45, 2.75) is 26.7 Å². The van der Waals surface area contributed by atoms with Crippen LogP contribution in [-0.4, -0.2) is 23.3 Å². The number of rotatable bonds is 4. The van der Waals surface area contributed by atoms with Gasteiger partial charge in [0.25, 0.3) is 11.8 Å². The lowest BCUT2D eigenvalue weighted by atomic mass is 10.1. The zero-order valence-corrected chi connectivity index (χ0v) is 8.12. The molecule has 0 aromatic carbocycles. The molecular weight excluding hydrogens is 166 g/mol. The Kier molecular flexibility index (Phi) is 3.23. The molecule has 0 fully saturated rings. The second-order valence-corrected chi connectivity index (χ2v) is 3.51. The minimum Gasteiger partial charge on any atom is -0.275 e. The molecule has 72 valence electrons. The lowest BCUT2D eigenvalue weighted by Gasteiger charge is -2.18. The lowest BCUT2D eigenvalue weighted by Crippen LogP contribution is -2.33. The third kappa shape index (κ3) is 2.41. The van der Waals surface area contributed by atoms with E-state index in [2.05, 4.69) is 13.8 Å². The highest BCUT2D eigenvalue weighted by Crippen LogP contribution is 2.11. The highest BCUT2D eigenvalue weighted by Gasteiger charge is 2.24. The molecule has 0 aliphatic carbocycles. The van der Waals surface area contributed by atoms with E-state index in [1.54, 1.807) is 0 Å². The fourth-order valence-electron chi connectivity index (χ4n) is 1.51. The highest BCUT2D eigenvalue weighted by molar-refractivity contribution is 6.12. The zero-order valence-electron chi connectivity index (χ0n) is 8.12. The minimum atomic E-state index is -0.173. The number of carbonyl (C=O) groups excluding carboxylic acids is 2. The van der Waals surface area contributed by atoms with Crippen LogP contribution in [0.5, 0.6) is 0 Å².